The first-order valence-electron chi connectivity index (χ1n) is 15.5. The van der Waals surface area contributed by atoms with E-state index in [-0.39, 0.29) is 11.9 Å². The molecule has 1 amide bonds. The highest BCUT2D eigenvalue weighted by atomic mass is 16.1. The maximum atomic E-state index is 13.5. The van der Waals surface area contributed by atoms with Crippen LogP contribution in [-0.2, 0) is 11.3 Å². The van der Waals surface area contributed by atoms with Crippen molar-refractivity contribution in [3.63, 3.8) is 0 Å². The van der Waals surface area contributed by atoms with Crippen LogP contribution in [-0.4, -0.2) is 54.9 Å². The molecule has 2 aliphatic heterocycles. The van der Waals surface area contributed by atoms with Gasteiger partial charge in [0.15, 0.2) is 0 Å². The Labute approximate surface area is 255 Å². The summed E-state index contributed by atoms with van der Waals surface area (Å²) in [5.41, 5.74) is 6.46. The van der Waals surface area contributed by atoms with Gasteiger partial charge in [-0.05, 0) is 60.8 Å². The Morgan fingerprint density at radius 1 is 0.814 bits per heavy atom. The van der Waals surface area contributed by atoms with Gasteiger partial charge < -0.3 is 20.0 Å². The van der Waals surface area contributed by atoms with E-state index in [4.69, 9.17) is 4.99 Å². The average molecular weight is 572 g/mol. The molecule has 1 N–H and O–H groups in total. The molecule has 220 valence electrons. The van der Waals surface area contributed by atoms with Crippen LogP contribution in [0.15, 0.2) is 114 Å². The Kier molecular flexibility index (Phi) is 9.14. The van der Waals surface area contributed by atoms with E-state index in [2.05, 4.69) is 87.7 Å². The van der Waals surface area contributed by atoms with Gasteiger partial charge in [0.05, 0.1) is 18.2 Å². The SMILES string of the molecule is CN(CCN1CCCCC1)C1=Nc2ccccc2C(CC(=O)NCc2ccccc2)N1c1ccc(-c2ccccc2)cc1. The Morgan fingerprint density at radius 2 is 1.47 bits per heavy atom. The first kappa shape index (κ1) is 28.7. The predicted molar refractivity (Wildman–Crippen MR) is 176 cm³/mol. The van der Waals surface area contributed by atoms with Gasteiger partial charge in [0.2, 0.25) is 11.9 Å². The number of guanidine groups is 1. The second-order valence-corrected chi connectivity index (χ2v) is 11.6. The zero-order chi connectivity index (χ0) is 29.4. The Morgan fingerprint density at radius 3 is 2.21 bits per heavy atom. The molecule has 1 saturated heterocycles. The van der Waals surface area contributed by atoms with Crippen molar-refractivity contribution in [3.8, 4) is 11.1 Å². The van der Waals surface area contributed by atoms with Crippen molar-refractivity contribution < 1.29 is 4.79 Å². The predicted octanol–water partition coefficient (Wildman–Crippen LogP) is 7.03. The van der Waals surface area contributed by atoms with E-state index < -0.39 is 0 Å². The van der Waals surface area contributed by atoms with Gasteiger partial charge in [-0.2, -0.15) is 0 Å². The van der Waals surface area contributed by atoms with E-state index in [9.17, 15) is 4.79 Å². The van der Waals surface area contributed by atoms with Crippen LogP contribution in [0.25, 0.3) is 11.1 Å². The van der Waals surface area contributed by atoms with Crippen LogP contribution in [0.5, 0.6) is 0 Å². The van der Waals surface area contributed by atoms with Crippen LogP contribution in [0.3, 0.4) is 0 Å². The summed E-state index contributed by atoms with van der Waals surface area (Å²) in [6, 6.07) is 37.3. The average Bonchev–Trinajstić information content (AvgIpc) is 3.07. The Bertz CT molecular complexity index is 1510. The number of hydrogen-bond donors (Lipinski definition) is 1. The Balaban J connectivity index is 1.31. The zero-order valence-electron chi connectivity index (χ0n) is 25.0. The van der Waals surface area contributed by atoms with Crippen LogP contribution in [0, 0.1) is 0 Å². The fraction of sp³-hybridized carbons (Fsp3) is 0.297. The van der Waals surface area contributed by atoms with E-state index >= 15 is 0 Å². The third kappa shape index (κ3) is 6.98. The lowest BCUT2D eigenvalue weighted by molar-refractivity contribution is -0.121. The summed E-state index contributed by atoms with van der Waals surface area (Å²) >= 11 is 0. The van der Waals surface area contributed by atoms with E-state index in [1.807, 2.05) is 48.5 Å². The molecule has 1 unspecified atom stereocenters. The van der Waals surface area contributed by atoms with Crippen molar-refractivity contribution in [2.24, 2.45) is 4.99 Å². The summed E-state index contributed by atoms with van der Waals surface area (Å²) < 4.78 is 0. The third-order valence-corrected chi connectivity index (χ3v) is 8.55. The fourth-order valence-corrected chi connectivity index (χ4v) is 6.14. The number of fused-ring (bicyclic) bond motifs is 1. The van der Waals surface area contributed by atoms with Crippen LogP contribution in [0.4, 0.5) is 11.4 Å². The van der Waals surface area contributed by atoms with Crippen molar-refractivity contribution in [1.29, 1.82) is 0 Å². The molecule has 2 aliphatic rings. The molecule has 6 rings (SSSR count). The van der Waals surface area contributed by atoms with Crippen molar-refractivity contribution in [2.75, 3.05) is 38.1 Å². The number of likely N-dealkylation sites (N-methyl/N-ethyl adjacent to an activating group) is 1. The summed E-state index contributed by atoms with van der Waals surface area (Å²) in [6.45, 7) is 4.71. The van der Waals surface area contributed by atoms with Crippen molar-refractivity contribution in [2.45, 2.75) is 38.3 Å². The largest absolute Gasteiger partial charge is 0.352 e. The zero-order valence-corrected chi connectivity index (χ0v) is 25.0. The third-order valence-electron chi connectivity index (χ3n) is 8.55. The first-order valence-corrected chi connectivity index (χ1v) is 15.5. The monoisotopic (exact) mass is 571 g/mol. The molecule has 0 radical (unpaired) electrons. The number of likely N-dealkylation sites (tertiary alicyclic amines) is 1. The number of aliphatic imine (C=N–C) groups is 1. The van der Waals surface area contributed by atoms with Gasteiger partial charge >= 0.3 is 0 Å². The first-order chi connectivity index (χ1) is 21.2. The number of piperidine rings is 1. The lowest BCUT2D eigenvalue weighted by atomic mass is 9.96. The summed E-state index contributed by atoms with van der Waals surface area (Å²) in [5.74, 6) is 0.899. The number of amides is 1. The number of carbonyl (C=O) groups excluding carboxylic acids is 1. The van der Waals surface area contributed by atoms with Crippen molar-refractivity contribution in [1.82, 2.24) is 15.1 Å². The number of carbonyl (C=O) groups is 1. The molecule has 0 aromatic heterocycles. The number of nitrogens with one attached hydrogen (secondary N) is 1. The number of para-hydroxylation sites is 1. The summed E-state index contributed by atoms with van der Waals surface area (Å²) in [5, 5.41) is 3.17. The second kappa shape index (κ2) is 13.7. The van der Waals surface area contributed by atoms with Crippen LogP contribution < -0.4 is 10.2 Å². The Hall–Kier alpha value is -4.42. The number of benzene rings is 4. The summed E-state index contributed by atoms with van der Waals surface area (Å²) in [6.07, 6.45) is 4.20. The molecular formula is C37H41N5O. The van der Waals surface area contributed by atoms with Gasteiger partial charge in [-0.1, -0.05) is 97.4 Å². The molecule has 0 saturated carbocycles. The minimum atomic E-state index is -0.195. The van der Waals surface area contributed by atoms with E-state index in [0.717, 1.165) is 60.2 Å². The highest BCUT2D eigenvalue weighted by Gasteiger charge is 2.34. The van der Waals surface area contributed by atoms with Gasteiger partial charge in [-0.25, -0.2) is 4.99 Å². The van der Waals surface area contributed by atoms with Crippen LogP contribution >= 0.6 is 0 Å². The van der Waals surface area contributed by atoms with E-state index in [0.29, 0.717) is 13.0 Å². The van der Waals surface area contributed by atoms with E-state index in [1.165, 1.54) is 24.8 Å². The summed E-state index contributed by atoms with van der Waals surface area (Å²) in [4.78, 5) is 25.8. The lowest BCUT2D eigenvalue weighted by Gasteiger charge is -2.41. The molecule has 6 heteroatoms. The molecular weight excluding hydrogens is 530 g/mol. The molecule has 0 aliphatic carbocycles. The molecule has 2 heterocycles. The fourth-order valence-electron chi connectivity index (χ4n) is 6.14. The van der Waals surface area contributed by atoms with Gasteiger partial charge in [0, 0.05) is 37.9 Å². The number of hydrogen-bond acceptors (Lipinski definition) is 5. The number of nitrogens with zero attached hydrogens (tertiary/aromatic N) is 4. The smallest absolute Gasteiger partial charge is 0.222 e. The topological polar surface area (TPSA) is 51.2 Å². The van der Waals surface area contributed by atoms with Gasteiger partial charge in [0.25, 0.3) is 0 Å². The molecule has 4 aromatic carbocycles. The maximum absolute atomic E-state index is 13.5. The van der Waals surface area contributed by atoms with Gasteiger partial charge in [-0.3, -0.25) is 4.79 Å². The minimum Gasteiger partial charge on any atom is -0.352 e. The molecule has 0 bridgehead atoms. The molecule has 4 aromatic rings. The lowest BCUT2D eigenvalue weighted by Crippen LogP contribution is -2.49. The highest BCUT2D eigenvalue weighted by Crippen LogP contribution is 2.40. The van der Waals surface area contributed by atoms with Gasteiger partial charge in [0.1, 0.15) is 0 Å². The van der Waals surface area contributed by atoms with E-state index in [1.54, 1.807) is 0 Å². The minimum absolute atomic E-state index is 0.0202. The molecule has 43 heavy (non-hydrogen) atoms. The van der Waals surface area contributed by atoms with Crippen molar-refractivity contribution in [3.05, 3.63) is 120 Å². The number of rotatable bonds is 9. The molecule has 6 nitrogen and oxygen atoms in total. The van der Waals surface area contributed by atoms with Crippen LogP contribution in [0.2, 0.25) is 0 Å². The molecule has 1 fully saturated rings. The highest BCUT2D eigenvalue weighted by molar-refractivity contribution is 6.01. The molecule has 0 spiro atoms. The molecule has 1 atom stereocenters. The van der Waals surface area contributed by atoms with Crippen molar-refractivity contribution >= 4 is 23.2 Å². The standard InChI is InChI=1S/C37H41N5O/c1-40(25-26-41-23-11-4-12-24-41)37-39-34-18-10-9-17-33(34)35(27-36(43)38-28-29-13-5-2-6-14-29)42(37)32-21-19-31(20-22-32)30-15-7-3-8-16-30/h2-3,5-10,13-22,35H,4,11-12,23-28H2,1H3,(H,38,43). The quantitative estimate of drug-likeness (QED) is 0.234. The van der Waals surface area contributed by atoms with Crippen LogP contribution in [0.1, 0.15) is 42.9 Å². The second-order valence-electron chi connectivity index (χ2n) is 11.6. The number of anilines is 1. The normalized spacial score (nSPS) is 16.7. The van der Waals surface area contributed by atoms with Gasteiger partial charge in [-0.15, -0.1) is 0 Å². The maximum Gasteiger partial charge on any atom is 0.222 e. The summed E-state index contributed by atoms with van der Waals surface area (Å²) in [7, 11) is 2.13.